The maximum absolute atomic E-state index is 9.90. The molecule has 0 saturated carbocycles. The van der Waals surface area contributed by atoms with Crippen LogP contribution in [0.2, 0.25) is 0 Å². The minimum atomic E-state index is -0.956. The van der Waals surface area contributed by atoms with E-state index in [4.69, 9.17) is 5.73 Å². The van der Waals surface area contributed by atoms with Crippen LogP contribution < -0.4 is 5.73 Å². The maximum Gasteiger partial charge on any atom is 0.114 e. The zero-order chi connectivity index (χ0) is 9.90. The fourth-order valence-electron chi connectivity index (χ4n) is 1.11. The van der Waals surface area contributed by atoms with Gasteiger partial charge in [0.2, 0.25) is 0 Å². The smallest absolute Gasteiger partial charge is 0.114 e. The Balaban J connectivity index is 2.80. The van der Waals surface area contributed by atoms with Gasteiger partial charge in [0.1, 0.15) is 11.3 Å². The Morgan fingerprint density at radius 3 is 2.85 bits per heavy atom. The van der Waals surface area contributed by atoms with Crippen molar-refractivity contribution in [1.82, 2.24) is 15.0 Å². The Labute approximate surface area is 77.6 Å². The van der Waals surface area contributed by atoms with Gasteiger partial charge in [-0.3, -0.25) is 4.68 Å². The topological polar surface area (TPSA) is 77.0 Å². The number of aryl methyl sites for hydroxylation is 1. The SMILES string of the molecule is CCn1cc(C(C)(O)CCN)nn1. The average Bonchev–Trinajstić information content (AvgIpc) is 2.52. The monoisotopic (exact) mass is 184 g/mol. The zero-order valence-corrected chi connectivity index (χ0v) is 8.06. The Morgan fingerprint density at radius 1 is 1.69 bits per heavy atom. The molecule has 5 heteroatoms. The normalized spacial score (nSPS) is 15.7. The van der Waals surface area contributed by atoms with E-state index in [1.54, 1.807) is 17.8 Å². The van der Waals surface area contributed by atoms with Crippen LogP contribution in [0, 0.1) is 0 Å². The quantitative estimate of drug-likeness (QED) is 0.682. The average molecular weight is 184 g/mol. The molecule has 1 rings (SSSR count). The molecule has 1 aromatic rings. The molecule has 1 atom stereocenters. The van der Waals surface area contributed by atoms with Crippen LogP contribution in [0.4, 0.5) is 0 Å². The van der Waals surface area contributed by atoms with Gasteiger partial charge in [-0.2, -0.15) is 0 Å². The molecule has 1 heterocycles. The molecule has 1 aromatic heterocycles. The third-order valence-corrected chi connectivity index (χ3v) is 2.05. The van der Waals surface area contributed by atoms with Crippen molar-refractivity contribution >= 4 is 0 Å². The predicted molar refractivity (Wildman–Crippen MR) is 48.9 cm³/mol. The first-order chi connectivity index (χ1) is 6.10. The highest BCUT2D eigenvalue weighted by molar-refractivity contribution is 5.04. The van der Waals surface area contributed by atoms with E-state index < -0.39 is 5.60 Å². The van der Waals surface area contributed by atoms with Crippen LogP contribution in [0.1, 0.15) is 26.0 Å². The lowest BCUT2D eigenvalue weighted by molar-refractivity contribution is 0.0458. The molecule has 1 unspecified atom stereocenters. The Bertz CT molecular complexity index is 269. The molecule has 3 N–H and O–H groups in total. The summed E-state index contributed by atoms with van der Waals surface area (Å²) in [6.45, 7) is 4.86. The minimum absolute atomic E-state index is 0.436. The van der Waals surface area contributed by atoms with Gasteiger partial charge in [0.05, 0.1) is 6.20 Å². The number of nitrogens with two attached hydrogens (primary N) is 1. The van der Waals surface area contributed by atoms with Crippen molar-refractivity contribution in [2.24, 2.45) is 5.73 Å². The molecular weight excluding hydrogens is 168 g/mol. The Hall–Kier alpha value is -0.940. The Kier molecular flexibility index (Phi) is 3.00. The minimum Gasteiger partial charge on any atom is -0.384 e. The summed E-state index contributed by atoms with van der Waals surface area (Å²) in [5.74, 6) is 0. The maximum atomic E-state index is 9.90. The highest BCUT2D eigenvalue weighted by atomic mass is 16.3. The van der Waals surface area contributed by atoms with Crippen LogP contribution in [0.25, 0.3) is 0 Å². The second kappa shape index (κ2) is 3.85. The Morgan fingerprint density at radius 2 is 2.38 bits per heavy atom. The molecule has 0 radical (unpaired) electrons. The van der Waals surface area contributed by atoms with Gasteiger partial charge in [-0.15, -0.1) is 5.10 Å². The van der Waals surface area contributed by atoms with Crippen LogP contribution in [-0.2, 0) is 12.1 Å². The summed E-state index contributed by atoms with van der Waals surface area (Å²) in [7, 11) is 0. The van der Waals surface area contributed by atoms with Crippen molar-refractivity contribution in [1.29, 1.82) is 0 Å². The van der Waals surface area contributed by atoms with Crippen LogP contribution in [0.5, 0.6) is 0 Å². The van der Waals surface area contributed by atoms with Crippen molar-refractivity contribution < 1.29 is 5.11 Å². The highest BCUT2D eigenvalue weighted by Crippen LogP contribution is 2.20. The molecule has 0 amide bonds. The summed E-state index contributed by atoms with van der Waals surface area (Å²) in [6, 6.07) is 0. The van der Waals surface area contributed by atoms with Crippen LogP contribution in [-0.4, -0.2) is 26.6 Å². The fourth-order valence-corrected chi connectivity index (χ4v) is 1.11. The van der Waals surface area contributed by atoms with E-state index in [1.807, 2.05) is 6.92 Å². The molecule has 5 nitrogen and oxygen atoms in total. The molecule has 0 aromatic carbocycles. The molecule has 0 aliphatic heterocycles. The second-order valence-electron chi connectivity index (χ2n) is 3.27. The van der Waals surface area contributed by atoms with Gasteiger partial charge in [0.25, 0.3) is 0 Å². The number of hydrogen-bond donors (Lipinski definition) is 2. The van der Waals surface area contributed by atoms with Crippen molar-refractivity contribution in [3.63, 3.8) is 0 Å². The summed E-state index contributed by atoms with van der Waals surface area (Å²) in [5, 5.41) is 17.6. The van der Waals surface area contributed by atoms with Gasteiger partial charge in [-0.25, -0.2) is 0 Å². The van der Waals surface area contributed by atoms with Crippen molar-refractivity contribution in [3.05, 3.63) is 11.9 Å². The summed E-state index contributed by atoms with van der Waals surface area (Å²) in [4.78, 5) is 0. The van der Waals surface area contributed by atoms with Gasteiger partial charge in [0, 0.05) is 6.54 Å². The molecular formula is C8H16N4O. The summed E-state index contributed by atoms with van der Waals surface area (Å²) < 4.78 is 1.68. The van der Waals surface area contributed by atoms with Crippen LogP contribution in [0.3, 0.4) is 0 Å². The molecule has 13 heavy (non-hydrogen) atoms. The van der Waals surface area contributed by atoms with E-state index >= 15 is 0 Å². The van der Waals surface area contributed by atoms with Crippen LogP contribution >= 0.6 is 0 Å². The summed E-state index contributed by atoms with van der Waals surface area (Å²) >= 11 is 0. The van der Waals surface area contributed by atoms with Gasteiger partial charge in [-0.05, 0) is 26.8 Å². The standard InChI is InChI=1S/C8H16N4O/c1-3-12-6-7(10-11-12)8(2,13)4-5-9/h6,13H,3-5,9H2,1-2H3. The molecule has 0 aliphatic carbocycles. The van der Waals surface area contributed by atoms with E-state index in [0.717, 1.165) is 6.54 Å². The summed E-state index contributed by atoms with van der Waals surface area (Å²) in [6.07, 6.45) is 2.24. The molecule has 0 fully saturated rings. The fraction of sp³-hybridized carbons (Fsp3) is 0.750. The second-order valence-corrected chi connectivity index (χ2v) is 3.27. The predicted octanol–water partition coefficient (Wildman–Crippen LogP) is -0.146. The number of rotatable bonds is 4. The third kappa shape index (κ3) is 2.26. The first-order valence-corrected chi connectivity index (χ1v) is 4.43. The van der Waals surface area contributed by atoms with E-state index in [2.05, 4.69) is 10.3 Å². The molecule has 0 saturated heterocycles. The first-order valence-electron chi connectivity index (χ1n) is 4.43. The van der Waals surface area contributed by atoms with E-state index in [9.17, 15) is 5.11 Å². The van der Waals surface area contributed by atoms with E-state index in [1.165, 1.54) is 0 Å². The van der Waals surface area contributed by atoms with E-state index in [-0.39, 0.29) is 0 Å². The number of aliphatic hydroxyl groups is 1. The molecule has 0 bridgehead atoms. The highest BCUT2D eigenvalue weighted by Gasteiger charge is 2.25. The van der Waals surface area contributed by atoms with Crippen LogP contribution in [0.15, 0.2) is 6.20 Å². The third-order valence-electron chi connectivity index (χ3n) is 2.05. The largest absolute Gasteiger partial charge is 0.384 e. The van der Waals surface area contributed by atoms with E-state index in [0.29, 0.717) is 18.7 Å². The lowest BCUT2D eigenvalue weighted by Crippen LogP contribution is -2.25. The lowest BCUT2D eigenvalue weighted by Gasteiger charge is -2.18. The van der Waals surface area contributed by atoms with Gasteiger partial charge >= 0.3 is 0 Å². The summed E-state index contributed by atoms with van der Waals surface area (Å²) in [5.41, 5.74) is 5.00. The number of hydrogen-bond acceptors (Lipinski definition) is 4. The van der Waals surface area contributed by atoms with Crippen molar-refractivity contribution in [2.75, 3.05) is 6.54 Å². The first kappa shape index (κ1) is 10.1. The molecule has 74 valence electrons. The number of nitrogens with zero attached hydrogens (tertiary/aromatic N) is 3. The van der Waals surface area contributed by atoms with Gasteiger partial charge < -0.3 is 10.8 Å². The molecule has 0 aliphatic rings. The van der Waals surface area contributed by atoms with Crippen molar-refractivity contribution in [3.8, 4) is 0 Å². The lowest BCUT2D eigenvalue weighted by atomic mass is 9.99. The van der Waals surface area contributed by atoms with Gasteiger partial charge in [-0.1, -0.05) is 5.21 Å². The van der Waals surface area contributed by atoms with Gasteiger partial charge in [0.15, 0.2) is 0 Å². The number of aromatic nitrogens is 3. The van der Waals surface area contributed by atoms with Crippen molar-refractivity contribution in [2.45, 2.75) is 32.4 Å². The molecule has 0 spiro atoms. The zero-order valence-electron chi connectivity index (χ0n) is 8.06.